The van der Waals surface area contributed by atoms with Gasteiger partial charge in [-0.2, -0.15) is 0 Å². The van der Waals surface area contributed by atoms with Crippen molar-refractivity contribution >= 4 is 39.6 Å². The summed E-state index contributed by atoms with van der Waals surface area (Å²) < 4.78 is 7.64. The molecule has 37 heavy (non-hydrogen) atoms. The summed E-state index contributed by atoms with van der Waals surface area (Å²) in [5.41, 5.74) is 3.10. The Morgan fingerprint density at radius 1 is 1.11 bits per heavy atom. The molecule has 4 heterocycles. The van der Waals surface area contributed by atoms with Crippen molar-refractivity contribution in [2.45, 2.75) is 46.6 Å². The maximum atomic E-state index is 13.4. The van der Waals surface area contributed by atoms with Gasteiger partial charge in [0.15, 0.2) is 5.76 Å². The normalized spacial score (nSPS) is 17.2. The number of aliphatic hydroxyl groups excluding tert-OH is 1. The number of aliphatic hydroxyl groups is 1. The van der Waals surface area contributed by atoms with Gasteiger partial charge in [-0.05, 0) is 56.5 Å². The van der Waals surface area contributed by atoms with E-state index in [9.17, 15) is 14.7 Å². The van der Waals surface area contributed by atoms with E-state index >= 15 is 0 Å². The van der Waals surface area contributed by atoms with E-state index in [2.05, 4.69) is 22.1 Å². The molecule has 3 aromatic heterocycles. The number of ether oxygens (including phenoxy) is 1. The van der Waals surface area contributed by atoms with Crippen LogP contribution in [-0.4, -0.2) is 43.0 Å². The van der Waals surface area contributed by atoms with Gasteiger partial charge in [0.05, 0.1) is 23.9 Å². The first-order chi connectivity index (χ1) is 17.8. The lowest BCUT2D eigenvalue weighted by atomic mass is 9.96. The summed E-state index contributed by atoms with van der Waals surface area (Å²) in [6.45, 7) is 8.21. The number of aryl methyl sites for hydroxylation is 3. The molecule has 190 valence electrons. The molecule has 1 fully saturated rings. The highest BCUT2D eigenvalue weighted by molar-refractivity contribution is 7.15. The van der Waals surface area contributed by atoms with Gasteiger partial charge in [0.1, 0.15) is 22.1 Å². The Kier molecular flexibility index (Phi) is 6.51. The average molecular weight is 518 g/mol. The fraction of sp³-hybridized carbons (Fsp3) is 0.296. The third kappa shape index (κ3) is 4.27. The smallest absolute Gasteiger partial charge is 0.301 e. The van der Waals surface area contributed by atoms with Crippen LogP contribution in [0, 0.1) is 20.8 Å². The van der Waals surface area contributed by atoms with Crippen molar-refractivity contribution in [2.24, 2.45) is 0 Å². The van der Waals surface area contributed by atoms with E-state index in [4.69, 9.17) is 4.74 Å². The van der Waals surface area contributed by atoms with Crippen molar-refractivity contribution < 1.29 is 19.4 Å². The molecule has 0 spiro atoms. The van der Waals surface area contributed by atoms with Crippen LogP contribution in [0.2, 0.25) is 0 Å². The van der Waals surface area contributed by atoms with Gasteiger partial charge in [-0.1, -0.05) is 42.9 Å². The Morgan fingerprint density at radius 3 is 2.51 bits per heavy atom. The number of carbonyl (C=O) groups is 2. The number of imidazole rings is 1. The second-order valence-corrected chi connectivity index (χ2v) is 10.1. The lowest BCUT2D eigenvalue weighted by molar-refractivity contribution is -0.132. The van der Waals surface area contributed by atoms with Crippen LogP contribution in [0.5, 0.6) is 5.75 Å². The number of pyridine rings is 1. The maximum Gasteiger partial charge on any atom is 0.301 e. The van der Waals surface area contributed by atoms with Gasteiger partial charge in [-0.25, -0.2) is 4.98 Å². The molecule has 1 aromatic carbocycles. The van der Waals surface area contributed by atoms with Crippen LogP contribution in [0.25, 0.3) is 11.4 Å². The Bertz CT molecular complexity index is 1540. The predicted octanol–water partition coefficient (Wildman–Crippen LogP) is 4.92. The Morgan fingerprint density at radius 2 is 1.86 bits per heavy atom. The third-order valence-electron chi connectivity index (χ3n) is 6.44. The average Bonchev–Trinajstić information content (AvgIpc) is 3.54. The van der Waals surface area contributed by atoms with E-state index in [1.807, 2.05) is 36.6 Å². The Balaban J connectivity index is 1.66. The first kappa shape index (κ1) is 24.6. The summed E-state index contributed by atoms with van der Waals surface area (Å²) in [6, 6.07) is 10.1. The molecule has 1 aliphatic rings. The standard InChI is InChI=1S/C27H27N5O4S/c1-5-6-14-36-19-11-9-18(10-12-19)22-20(24(34)26(35)32(22)27-30-29-17(4)37-27)23(33)21-16(3)31-13-7-8-15(2)25(31)28-21/h7-13,22,33H,5-6,14H2,1-4H3/b23-20+. The topological polar surface area (TPSA) is 110 Å². The number of hydrogen-bond donors (Lipinski definition) is 1. The van der Waals surface area contributed by atoms with Crippen LogP contribution < -0.4 is 9.64 Å². The minimum Gasteiger partial charge on any atom is -0.505 e. The van der Waals surface area contributed by atoms with Gasteiger partial charge in [-0.3, -0.25) is 14.5 Å². The van der Waals surface area contributed by atoms with E-state index in [1.165, 1.54) is 16.2 Å². The highest BCUT2D eigenvalue weighted by Gasteiger charge is 2.48. The molecule has 0 bridgehead atoms. The van der Waals surface area contributed by atoms with Crippen molar-refractivity contribution in [3.63, 3.8) is 0 Å². The molecule has 1 amide bonds. The lowest BCUT2D eigenvalue weighted by Gasteiger charge is -2.22. The molecule has 10 heteroatoms. The predicted molar refractivity (Wildman–Crippen MR) is 141 cm³/mol. The molecular weight excluding hydrogens is 490 g/mol. The summed E-state index contributed by atoms with van der Waals surface area (Å²) in [6.07, 6.45) is 3.81. The summed E-state index contributed by atoms with van der Waals surface area (Å²) >= 11 is 1.21. The zero-order valence-electron chi connectivity index (χ0n) is 21.1. The van der Waals surface area contributed by atoms with Gasteiger partial charge in [-0.15, -0.1) is 10.2 Å². The number of benzene rings is 1. The van der Waals surface area contributed by atoms with Crippen molar-refractivity contribution in [2.75, 3.05) is 11.5 Å². The number of amides is 1. The summed E-state index contributed by atoms with van der Waals surface area (Å²) in [4.78, 5) is 32.7. The molecule has 9 nitrogen and oxygen atoms in total. The fourth-order valence-corrected chi connectivity index (χ4v) is 5.20. The molecule has 1 atom stereocenters. The largest absolute Gasteiger partial charge is 0.505 e. The highest BCUT2D eigenvalue weighted by Crippen LogP contribution is 2.43. The van der Waals surface area contributed by atoms with E-state index in [0.29, 0.717) is 34.3 Å². The number of Topliss-reactive ketones (excluding diaryl/α,β-unsaturated/α-hetero) is 1. The molecular formula is C27H27N5O4S. The Labute approximate surface area is 218 Å². The Hall–Kier alpha value is -4.05. The SMILES string of the molecule is CCCCOc1ccc(C2/C(=C(\O)c3nc4c(C)cccn4c3C)C(=O)C(=O)N2c2nnc(C)s2)cc1. The zero-order valence-corrected chi connectivity index (χ0v) is 21.9. The van der Waals surface area contributed by atoms with Crippen molar-refractivity contribution in [1.82, 2.24) is 19.6 Å². The molecule has 1 N–H and O–H groups in total. The van der Waals surface area contributed by atoms with Gasteiger partial charge in [0, 0.05) is 6.20 Å². The van der Waals surface area contributed by atoms with E-state index in [0.717, 1.165) is 18.4 Å². The first-order valence-corrected chi connectivity index (χ1v) is 12.9. The van der Waals surface area contributed by atoms with Crippen molar-refractivity contribution in [3.05, 3.63) is 75.7 Å². The summed E-state index contributed by atoms with van der Waals surface area (Å²) in [7, 11) is 0. The minimum atomic E-state index is -0.901. The fourth-order valence-electron chi connectivity index (χ4n) is 4.48. The lowest BCUT2D eigenvalue weighted by Crippen LogP contribution is -2.29. The monoisotopic (exact) mass is 517 g/mol. The van der Waals surface area contributed by atoms with Crippen LogP contribution in [-0.2, 0) is 9.59 Å². The number of ketones is 1. The first-order valence-electron chi connectivity index (χ1n) is 12.1. The summed E-state index contributed by atoms with van der Waals surface area (Å²) in [5, 5.41) is 20.6. The molecule has 1 unspecified atom stereocenters. The molecule has 4 aromatic rings. The van der Waals surface area contributed by atoms with Crippen LogP contribution in [0.4, 0.5) is 5.13 Å². The van der Waals surface area contributed by atoms with Crippen LogP contribution in [0.1, 0.15) is 53.3 Å². The zero-order chi connectivity index (χ0) is 26.3. The maximum absolute atomic E-state index is 13.4. The van der Waals surface area contributed by atoms with Crippen molar-refractivity contribution in [1.29, 1.82) is 0 Å². The number of carbonyl (C=O) groups excluding carboxylic acids is 2. The minimum absolute atomic E-state index is 0.0401. The quantitative estimate of drug-likeness (QED) is 0.160. The number of rotatable bonds is 7. The van der Waals surface area contributed by atoms with Gasteiger partial charge < -0.3 is 14.2 Å². The second-order valence-electron chi connectivity index (χ2n) is 8.97. The van der Waals surface area contributed by atoms with Crippen LogP contribution in [0.3, 0.4) is 0 Å². The number of anilines is 1. The van der Waals surface area contributed by atoms with Crippen molar-refractivity contribution in [3.8, 4) is 5.75 Å². The second kappa shape index (κ2) is 9.78. The number of hydrogen-bond acceptors (Lipinski definition) is 8. The van der Waals surface area contributed by atoms with Crippen LogP contribution in [0.15, 0.2) is 48.2 Å². The molecule has 1 aliphatic heterocycles. The number of aromatic nitrogens is 4. The van der Waals surface area contributed by atoms with Crippen LogP contribution >= 0.6 is 11.3 Å². The number of fused-ring (bicyclic) bond motifs is 1. The number of nitrogens with zero attached hydrogens (tertiary/aromatic N) is 5. The molecule has 1 saturated heterocycles. The highest BCUT2D eigenvalue weighted by atomic mass is 32.1. The molecule has 0 saturated carbocycles. The van der Waals surface area contributed by atoms with E-state index < -0.39 is 17.7 Å². The number of unbranched alkanes of at least 4 members (excludes halogenated alkanes) is 1. The van der Waals surface area contributed by atoms with Gasteiger partial charge >= 0.3 is 5.91 Å². The van der Waals surface area contributed by atoms with Gasteiger partial charge in [0.25, 0.3) is 5.78 Å². The van der Waals surface area contributed by atoms with E-state index in [-0.39, 0.29) is 22.2 Å². The van der Waals surface area contributed by atoms with Gasteiger partial charge in [0.2, 0.25) is 5.13 Å². The third-order valence-corrected chi connectivity index (χ3v) is 7.27. The van der Waals surface area contributed by atoms with E-state index in [1.54, 1.807) is 31.2 Å². The molecule has 0 aliphatic carbocycles. The summed E-state index contributed by atoms with van der Waals surface area (Å²) in [5.74, 6) is -1.21. The molecule has 5 rings (SSSR count). The molecule has 0 radical (unpaired) electrons.